The van der Waals surface area contributed by atoms with E-state index in [1.807, 2.05) is 0 Å². The van der Waals surface area contributed by atoms with Gasteiger partial charge < -0.3 is 5.32 Å². The Hall–Kier alpha value is -1.00. The molecule has 1 heterocycles. The number of nitrogens with zero attached hydrogens (tertiary/aromatic N) is 1. The molecule has 1 saturated carbocycles. The van der Waals surface area contributed by atoms with Gasteiger partial charge in [-0.2, -0.15) is 0 Å². The van der Waals surface area contributed by atoms with Crippen molar-refractivity contribution in [2.24, 2.45) is 0 Å². The van der Waals surface area contributed by atoms with E-state index in [1.54, 1.807) is 6.07 Å². The van der Waals surface area contributed by atoms with Gasteiger partial charge in [0.05, 0.1) is 0 Å². The molecule has 1 aliphatic carbocycles. The third kappa shape index (κ3) is 2.97. The molecule has 1 aromatic rings. The molecule has 0 bridgehead atoms. The zero-order valence-corrected chi connectivity index (χ0v) is 12.7. The second-order valence-electron chi connectivity index (χ2n) is 6.53. The first-order valence-corrected chi connectivity index (χ1v) is 8.05. The van der Waals surface area contributed by atoms with Crippen LogP contribution in [0.1, 0.15) is 44.6 Å². The first-order chi connectivity index (χ1) is 10.1. The fourth-order valence-corrected chi connectivity index (χ4v) is 3.86. The van der Waals surface area contributed by atoms with E-state index in [4.69, 9.17) is 0 Å². The molecule has 4 heteroatoms. The lowest BCUT2D eigenvalue weighted by Crippen LogP contribution is -2.63. The Morgan fingerprint density at radius 1 is 1.29 bits per heavy atom. The number of piperazine rings is 1. The first-order valence-electron chi connectivity index (χ1n) is 8.05. The van der Waals surface area contributed by atoms with Gasteiger partial charge in [-0.05, 0) is 25.3 Å². The third-order valence-corrected chi connectivity index (χ3v) is 5.23. The van der Waals surface area contributed by atoms with Gasteiger partial charge in [0.25, 0.3) is 0 Å². The van der Waals surface area contributed by atoms with Crippen LogP contribution in [0.5, 0.6) is 0 Å². The maximum absolute atomic E-state index is 14.0. The van der Waals surface area contributed by atoms with Crippen molar-refractivity contribution in [2.75, 3.05) is 13.1 Å². The fourth-order valence-electron chi connectivity index (χ4n) is 3.86. The molecule has 21 heavy (non-hydrogen) atoms. The van der Waals surface area contributed by atoms with E-state index in [0.29, 0.717) is 18.2 Å². The minimum atomic E-state index is -0.501. The summed E-state index contributed by atoms with van der Waals surface area (Å²) in [7, 11) is 0. The van der Waals surface area contributed by atoms with Gasteiger partial charge in [-0.15, -0.1) is 0 Å². The summed E-state index contributed by atoms with van der Waals surface area (Å²) in [6.07, 6.45) is 5.94. The first kappa shape index (κ1) is 14.9. The maximum Gasteiger partial charge on any atom is 0.130 e. The summed E-state index contributed by atoms with van der Waals surface area (Å²) < 4.78 is 27.1. The van der Waals surface area contributed by atoms with Crippen LogP contribution in [-0.4, -0.2) is 29.6 Å². The molecule has 1 unspecified atom stereocenters. The van der Waals surface area contributed by atoms with Crippen LogP contribution < -0.4 is 5.32 Å². The molecule has 1 atom stereocenters. The van der Waals surface area contributed by atoms with E-state index >= 15 is 0 Å². The molecular weight excluding hydrogens is 270 g/mol. The van der Waals surface area contributed by atoms with Gasteiger partial charge in [0.1, 0.15) is 11.6 Å². The molecule has 1 saturated heterocycles. The molecule has 2 aliphatic rings. The second-order valence-corrected chi connectivity index (χ2v) is 6.53. The van der Waals surface area contributed by atoms with Gasteiger partial charge in [0.15, 0.2) is 0 Å². The largest absolute Gasteiger partial charge is 0.311 e. The average molecular weight is 294 g/mol. The van der Waals surface area contributed by atoms with Gasteiger partial charge in [0.2, 0.25) is 0 Å². The highest BCUT2D eigenvalue weighted by atomic mass is 19.1. The molecule has 0 radical (unpaired) electrons. The van der Waals surface area contributed by atoms with Crippen LogP contribution in [-0.2, 0) is 6.54 Å². The fraction of sp³-hybridized carbons (Fsp3) is 0.647. The Labute approximate surface area is 125 Å². The van der Waals surface area contributed by atoms with Crippen LogP contribution in [0.4, 0.5) is 8.78 Å². The van der Waals surface area contributed by atoms with Crippen molar-refractivity contribution in [1.82, 2.24) is 10.2 Å². The summed E-state index contributed by atoms with van der Waals surface area (Å²) in [5.74, 6) is -0.923. The molecule has 116 valence electrons. The number of hydrogen-bond donors (Lipinski definition) is 1. The molecule has 1 spiro atoms. The predicted molar refractivity (Wildman–Crippen MR) is 80.0 cm³/mol. The molecule has 0 aromatic heterocycles. The highest BCUT2D eigenvalue weighted by Crippen LogP contribution is 2.38. The Kier molecular flexibility index (Phi) is 4.27. The number of nitrogens with one attached hydrogen (secondary N) is 1. The number of benzene rings is 1. The zero-order valence-electron chi connectivity index (χ0n) is 12.7. The van der Waals surface area contributed by atoms with Gasteiger partial charge in [0, 0.05) is 42.8 Å². The van der Waals surface area contributed by atoms with Crippen LogP contribution in [0.25, 0.3) is 0 Å². The standard InChI is InChI=1S/C17H24F2N2/c1-2-15-11-21(17(12-20-15)7-3-4-8-17)10-13-5-6-14(18)9-16(13)19/h5-6,9,15,20H,2-4,7-8,10-12H2,1H3. The van der Waals surface area contributed by atoms with Gasteiger partial charge in [-0.25, -0.2) is 8.78 Å². The SMILES string of the molecule is CCC1CN(Cc2ccc(F)cc2F)C2(CCCC2)CN1. The molecule has 1 aliphatic heterocycles. The summed E-state index contributed by atoms with van der Waals surface area (Å²) >= 11 is 0. The lowest BCUT2D eigenvalue weighted by atomic mass is 9.89. The molecule has 3 rings (SSSR count). The summed E-state index contributed by atoms with van der Waals surface area (Å²) in [6, 6.07) is 4.42. The van der Waals surface area contributed by atoms with Crippen molar-refractivity contribution in [3.8, 4) is 0 Å². The van der Waals surface area contributed by atoms with E-state index in [1.165, 1.54) is 31.7 Å². The Morgan fingerprint density at radius 2 is 2.05 bits per heavy atom. The Morgan fingerprint density at radius 3 is 2.71 bits per heavy atom. The van der Waals surface area contributed by atoms with Crippen LogP contribution in [0.3, 0.4) is 0 Å². The van der Waals surface area contributed by atoms with E-state index in [2.05, 4.69) is 17.1 Å². The van der Waals surface area contributed by atoms with Crippen molar-refractivity contribution < 1.29 is 8.78 Å². The quantitative estimate of drug-likeness (QED) is 0.918. The summed E-state index contributed by atoms with van der Waals surface area (Å²) in [6.45, 7) is 4.72. The van der Waals surface area contributed by atoms with Crippen molar-refractivity contribution in [1.29, 1.82) is 0 Å². The normalized spacial score (nSPS) is 25.6. The molecule has 1 aromatic carbocycles. The summed E-state index contributed by atoms with van der Waals surface area (Å²) in [4.78, 5) is 2.45. The van der Waals surface area contributed by atoms with Crippen molar-refractivity contribution >= 4 is 0 Å². The minimum Gasteiger partial charge on any atom is -0.311 e. The Balaban J connectivity index is 1.81. The third-order valence-electron chi connectivity index (χ3n) is 5.23. The Bertz CT molecular complexity index is 498. The van der Waals surface area contributed by atoms with Crippen molar-refractivity contribution in [3.63, 3.8) is 0 Å². The average Bonchev–Trinajstić information content (AvgIpc) is 2.94. The number of halogens is 2. The van der Waals surface area contributed by atoms with Gasteiger partial charge >= 0.3 is 0 Å². The highest BCUT2D eigenvalue weighted by molar-refractivity contribution is 5.19. The van der Waals surface area contributed by atoms with E-state index in [9.17, 15) is 8.78 Å². The van der Waals surface area contributed by atoms with E-state index in [0.717, 1.165) is 25.6 Å². The van der Waals surface area contributed by atoms with Crippen LogP contribution >= 0.6 is 0 Å². The lowest BCUT2D eigenvalue weighted by molar-refractivity contribution is 0.0340. The predicted octanol–water partition coefficient (Wildman–Crippen LogP) is 3.46. The van der Waals surface area contributed by atoms with E-state index in [-0.39, 0.29) is 5.54 Å². The maximum atomic E-state index is 14.0. The van der Waals surface area contributed by atoms with Crippen LogP contribution in [0.15, 0.2) is 18.2 Å². The van der Waals surface area contributed by atoms with Crippen LogP contribution in [0, 0.1) is 11.6 Å². The summed E-state index contributed by atoms with van der Waals surface area (Å²) in [5, 5.41) is 3.65. The monoisotopic (exact) mass is 294 g/mol. The van der Waals surface area contributed by atoms with E-state index < -0.39 is 11.6 Å². The van der Waals surface area contributed by atoms with Crippen molar-refractivity contribution in [2.45, 2.75) is 57.2 Å². The molecule has 1 N–H and O–H groups in total. The van der Waals surface area contributed by atoms with Gasteiger partial charge in [-0.3, -0.25) is 4.90 Å². The smallest absolute Gasteiger partial charge is 0.130 e. The number of rotatable bonds is 3. The zero-order chi connectivity index (χ0) is 14.9. The molecule has 2 nitrogen and oxygen atoms in total. The van der Waals surface area contributed by atoms with Gasteiger partial charge in [-0.1, -0.05) is 25.8 Å². The molecule has 2 fully saturated rings. The summed E-state index contributed by atoms with van der Waals surface area (Å²) in [5.41, 5.74) is 0.784. The topological polar surface area (TPSA) is 15.3 Å². The highest BCUT2D eigenvalue weighted by Gasteiger charge is 2.43. The van der Waals surface area contributed by atoms with Crippen molar-refractivity contribution in [3.05, 3.63) is 35.4 Å². The minimum absolute atomic E-state index is 0.173. The number of hydrogen-bond acceptors (Lipinski definition) is 2. The van der Waals surface area contributed by atoms with Crippen LogP contribution in [0.2, 0.25) is 0 Å². The lowest BCUT2D eigenvalue weighted by Gasteiger charge is -2.48. The second kappa shape index (κ2) is 6.01. The molecule has 0 amide bonds. The molecular formula is C17H24F2N2.